The number of hydrazone groups is 1. The van der Waals surface area contributed by atoms with Crippen molar-refractivity contribution in [2.75, 3.05) is 0 Å². The van der Waals surface area contributed by atoms with Gasteiger partial charge in [0, 0.05) is 26.7 Å². The average Bonchev–Trinajstić information content (AvgIpc) is 2.96. The number of ether oxygens (including phenoxy) is 3. The zero-order valence-corrected chi connectivity index (χ0v) is 23.6. The first kappa shape index (κ1) is 29.6. The van der Waals surface area contributed by atoms with Crippen LogP contribution in [0.3, 0.4) is 0 Å². The summed E-state index contributed by atoms with van der Waals surface area (Å²) in [7, 11) is 0. The van der Waals surface area contributed by atoms with Crippen LogP contribution in [0, 0.1) is 0 Å². The smallest absolute Gasteiger partial charge is 0.343 e. The van der Waals surface area contributed by atoms with E-state index in [1.807, 2.05) is 0 Å². The lowest BCUT2D eigenvalue weighted by Gasteiger charge is -2.13. The maximum Gasteiger partial charge on any atom is 0.343 e. The van der Waals surface area contributed by atoms with E-state index in [0.29, 0.717) is 26.4 Å². The summed E-state index contributed by atoms with van der Waals surface area (Å²) in [5, 5.41) is 5.43. The Hall–Kier alpha value is -4.37. The molecule has 11 heteroatoms. The molecule has 0 heterocycles. The third-order valence-corrected chi connectivity index (χ3v) is 6.19. The van der Waals surface area contributed by atoms with Crippen molar-refractivity contribution in [1.29, 1.82) is 0 Å². The van der Waals surface area contributed by atoms with Crippen molar-refractivity contribution in [3.8, 4) is 17.2 Å². The lowest BCUT2D eigenvalue weighted by molar-refractivity contribution is -0.127. The zero-order chi connectivity index (χ0) is 29.4. The normalized spacial score (nSPS) is 11.5. The predicted octanol–water partition coefficient (Wildman–Crippen LogP) is 7.00. The Labute approximate surface area is 250 Å². The highest BCUT2D eigenvalue weighted by Crippen LogP contribution is 2.26. The van der Waals surface area contributed by atoms with Gasteiger partial charge in [-0.1, -0.05) is 34.8 Å². The van der Waals surface area contributed by atoms with Gasteiger partial charge in [-0.2, -0.15) is 5.10 Å². The molecule has 0 fully saturated rings. The van der Waals surface area contributed by atoms with Crippen LogP contribution in [0.15, 0.2) is 96.1 Å². The number of carbonyl (C=O) groups excluding carboxylic acids is 3. The predicted molar refractivity (Wildman–Crippen MR) is 157 cm³/mol. The molecule has 1 N–H and O–H groups in total. The maximum absolute atomic E-state index is 12.8. The van der Waals surface area contributed by atoms with Crippen LogP contribution >= 0.6 is 34.8 Å². The average molecular weight is 612 g/mol. The number of halogens is 3. The molecule has 1 unspecified atom stereocenters. The van der Waals surface area contributed by atoms with Crippen molar-refractivity contribution in [2.45, 2.75) is 13.0 Å². The van der Waals surface area contributed by atoms with E-state index in [0.717, 1.165) is 0 Å². The van der Waals surface area contributed by atoms with Gasteiger partial charge in [0.2, 0.25) is 0 Å². The van der Waals surface area contributed by atoms with Gasteiger partial charge in [-0.25, -0.2) is 15.0 Å². The minimum Gasteiger partial charge on any atom is -0.481 e. The standard InChI is InChI=1S/C30H21Cl3N2O6/c1-18(39-25-14-11-24(33)12-15-25)28(36)35-34-17-21-6-13-26(40-29(37)19-2-7-22(31)8-3-19)16-27(21)41-30(38)20-4-9-23(32)10-5-20/h2-18H,1H3,(H,35,36)/b34-17+. The van der Waals surface area contributed by atoms with Crippen molar-refractivity contribution in [3.05, 3.63) is 123 Å². The number of nitrogens with zero attached hydrogens (tertiary/aromatic N) is 1. The van der Waals surface area contributed by atoms with Crippen LogP contribution in [0.5, 0.6) is 17.2 Å². The van der Waals surface area contributed by atoms with Crippen LogP contribution in [0.25, 0.3) is 0 Å². The molecule has 0 saturated heterocycles. The molecular weight excluding hydrogens is 591 g/mol. The third-order valence-electron chi connectivity index (χ3n) is 5.43. The largest absolute Gasteiger partial charge is 0.481 e. The van der Waals surface area contributed by atoms with Crippen molar-refractivity contribution in [3.63, 3.8) is 0 Å². The van der Waals surface area contributed by atoms with Crippen LogP contribution in [0.2, 0.25) is 15.1 Å². The number of hydrogen-bond donors (Lipinski definition) is 1. The molecule has 4 rings (SSSR count). The summed E-state index contributed by atoms with van der Waals surface area (Å²) in [6.45, 7) is 1.56. The second-order valence-electron chi connectivity index (χ2n) is 8.44. The molecule has 1 atom stereocenters. The summed E-state index contributed by atoms with van der Waals surface area (Å²) in [5.41, 5.74) is 3.21. The fourth-order valence-corrected chi connectivity index (χ4v) is 3.68. The Morgan fingerprint density at radius 3 is 1.76 bits per heavy atom. The number of amides is 1. The van der Waals surface area contributed by atoms with Crippen LogP contribution in [-0.2, 0) is 4.79 Å². The van der Waals surface area contributed by atoms with E-state index in [1.165, 1.54) is 48.7 Å². The highest BCUT2D eigenvalue weighted by Gasteiger charge is 2.16. The van der Waals surface area contributed by atoms with Crippen LogP contribution in [0.4, 0.5) is 0 Å². The second kappa shape index (κ2) is 13.8. The van der Waals surface area contributed by atoms with Gasteiger partial charge >= 0.3 is 11.9 Å². The van der Waals surface area contributed by atoms with Gasteiger partial charge in [0.15, 0.2) is 6.10 Å². The molecule has 0 radical (unpaired) electrons. The molecule has 0 aliphatic heterocycles. The van der Waals surface area contributed by atoms with Gasteiger partial charge in [0.05, 0.1) is 17.3 Å². The summed E-state index contributed by atoms with van der Waals surface area (Å²) >= 11 is 17.7. The Morgan fingerprint density at radius 1 is 0.707 bits per heavy atom. The number of hydrogen-bond acceptors (Lipinski definition) is 7. The number of esters is 2. The van der Waals surface area contributed by atoms with E-state index in [4.69, 9.17) is 49.0 Å². The molecule has 41 heavy (non-hydrogen) atoms. The molecule has 0 saturated carbocycles. The fraction of sp³-hybridized carbons (Fsp3) is 0.0667. The van der Waals surface area contributed by atoms with Gasteiger partial charge in [-0.15, -0.1) is 0 Å². The summed E-state index contributed by atoms with van der Waals surface area (Å²) in [6, 6.07) is 23.2. The Morgan fingerprint density at radius 2 is 1.20 bits per heavy atom. The van der Waals surface area contributed by atoms with Gasteiger partial charge < -0.3 is 14.2 Å². The summed E-state index contributed by atoms with van der Waals surface area (Å²) in [6.07, 6.45) is 0.410. The molecule has 0 bridgehead atoms. The van der Waals surface area contributed by atoms with Gasteiger partial charge in [0.25, 0.3) is 5.91 Å². The third kappa shape index (κ3) is 8.56. The summed E-state index contributed by atoms with van der Waals surface area (Å²) in [5.74, 6) is -1.26. The van der Waals surface area contributed by atoms with Crippen molar-refractivity contribution in [2.24, 2.45) is 5.10 Å². The Bertz CT molecular complexity index is 1570. The number of rotatable bonds is 9. The first-order valence-electron chi connectivity index (χ1n) is 12.0. The Kier molecular flexibility index (Phi) is 9.97. The molecule has 208 valence electrons. The fourth-order valence-electron chi connectivity index (χ4n) is 3.30. The monoisotopic (exact) mass is 610 g/mol. The topological polar surface area (TPSA) is 103 Å². The molecule has 0 aliphatic rings. The molecule has 1 amide bonds. The minimum atomic E-state index is -0.870. The highest BCUT2D eigenvalue weighted by atomic mass is 35.5. The second-order valence-corrected chi connectivity index (χ2v) is 9.75. The van der Waals surface area contributed by atoms with E-state index >= 15 is 0 Å². The lowest BCUT2D eigenvalue weighted by Crippen LogP contribution is -2.33. The zero-order valence-electron chi connectivity index (χ0n) is 21.3. The molecule has 0 aromatic heterocycles. The summed E-state index contributed by atoms with van der Waals surface area (Å²) < 4.78 is 16.6. The minimum absolute atomic E-state index is 0.0230. The van der Waals surface area contributed by atoms with E-state index in [2.05, 4.69) is 10.5 Å². The van der Waals surface area contributed by atoms with Crippen molar-refractivity contribution >= 4 is 58.9 Å². The van der Waals surface area contributed by atoms with Crippen LogP contribution in [0.1, 0.15) is 33.2 Å². The molecule has 8 nitrogen and oxygen atoms in total. The lowest BCUT2D eigenvalue weighted by atomic mass is 10.2. The van der Waals surface area contributed by atoms with Crippen molar-refractivity contribution < 1.29 is 28.6 Å². The SMILES string of the molecule is CC(Oc1ccc(Cl)cc1)C(=O)N/N=C/c1ccc(OC(=O)c2ccc(Cl)cc2)cc1OC(=O)c1ccc(Cl)cc1. The molecule has 0 aliphatic carbocycles. The first-order chi connectivity index (χ1) is 19.7. The summed E-state index contributed by atoms with van der Waals surface area (Å²) in [4.78, 5) is 37.9. The quantitative estimate of drug-likeness (QED) is 0.0946. The van der Waals surface area contributed by atoms with E-state index in [-0.39, 0.29) is 22.6 Å². The van der Waals surface area contributed by atoms with E-state index in [9.17, 15) is 14.4 Å². The van der Waals surface area contributed by atoms with Crippen LogP contribution in [-0.4, -0.2) is 30.2 Å². The van der Waals surface area contributed by atoms with Crippen LogP contribution < -0.4 is 19.6 Å². The number of nitrogens with one attached hydrogen (secondary N) is 1. The molecule has 4 aromatic rings. The maximum atomic E-state index is 12.8. The molecular formula is C30H21Cl3N2O6. The highest BCUT2D eigenvalue weighted by molar-refractivity contribution is 6.31. The van der Waals surface area contributed by atoms with Gasteiger partial charge in [-0.05, 0) is 91.9 Å². The molecule has 4 aromatic carbocycles. The molecule has 0 spiro atoms. The number of carbonyl (C=O) groups is 3. The first-order valence-corrected chi connectivity index (χ1v) is 13.2. The van der Waals surface area contributed by atoms with E-state index in [1.54, 1.807) is 55.5 Å². The van der Waals surface area contributed by atoms with Gasteiger partial charge in [0.1, 0.15) is 17.2 Å². The Balaban J connectivity index is 1.50. The number of benzene rings is 4. The van der Waals surface area contributed by atoms with Gasteiger partial charge in [-0.3, -0.25) is 4.79 Å². The van der Waals surface area contributed by atoms with Crippen molar-refractivity contribution in [1.82, 2.24) is 5.43 Å². The van der Waals surface area contributed by atoms with E-state index < -0.39 is 23.9 Å².